The zero-order valence-electron chi connectivity index (χ0n) is 9.09. The third-order valence-corrected chi connectivity index (χ3v) is 3.17. The maximum atomic E-state index is 6.18. The number of fused-ring (bicyclic) bond motifs is 1. The summed E-state index contributed by atoms with van der Waals surface area (Å²) in [5.74, 6) is 1.21. The van der Waals surface area contributed by atoms with Crippen LogP contribution in [0.1, 0.15) is 30.9 Å². The van der Waals surface area contributed by atoms with Gasteiger partial charge in [-0.3, -0.25) is 0 Å². The summed E-state index contributed by atoms with van der Waals surface area (Å²) in [7, 11) is 0. The molecular formula is C12H16ClNO. The standard InChI is InChI=1S/C12H16ClNO/c1-7(6-14)9-4-10-3-8(2)15-12(10)11(13)5-9/h4-5,7-8H,3,6,14H2,1-2H3. The summed E-state index contributed by atoms with van der Waals surface area (Å²) in [6, 6.07) is 4.14. The SMILES string of the molecule is CC1Cc2cc(C(C)CN)cc(Cl)c2O1. The molecule has 0 spiro atoms. The highest BCUT2D eigenvalue weighted by molar-refractivity contribution is 6.32. The second kappa shape index (κ2) is 4.03. The van der Waals surface area contributed by atoms with Crippen LogP contribution in [0.4, 0.5) is 0 Å². The topological polar surface area (TPSA) is 35.2 Å². The van der Waals surface area contributed by atoms with E-state index < -0.39 is 0 Å². The number of halogens is 1. The van der Waals surface area contributed by atoms with Gasteiger partial charge in [-0.15, -0.1) is 0 Å². The Bertz CT molecular complexity index is 378. The molecule has 0 saturated carbocycles. The van der Waals surface area contributed by atoms with E-state index in [1.165, 1.54) is 11.1 Å². The second-order valence-corrected chi connectivity index (χ2v) is 4.67. The Hall–Kier alpha value is -0.730. The molecule has 2 N–H and O–H groups in total. The summed E-state index contributed by atoms with van der Waals surface area (Å²) in [6.45, 7) is 4.81. The summed E-state index contributed by atoms with van der Waals surface area (Å²) >= 11 is 6.18. The normalized spacial score (nSPS) is 20.9. The first-order chi connectivity index (χ1) is 7.11. The van der Waals surface area contributed by atoms with Gasteiger partial charge < -0.3 is 10.5 Å². The molecule has 0 saturated heterocycles. The fourth-order valence-corrected chi connectivity index (χ4v) is 2.22. The molecule has 1 heterocycles. The molecular weight excluding hydrogens is 210 g/mol. The molecule has 0 amide bonds. The molecule has 2 rings (SSSR count). The molecule has 2 atom stereocenters. The number of rotatable bonds is 2. The molecule has 2 nitrogen and oxygen atoms in total. The Labute approximate surface area is 95.4 Å². The monoisotopic (exact) mass is 225 g/mol. The average Bonchev–Trinajstić information content (AvgIpc) is 2.58. The highest BCUT2D eigenvalue weighted by Gasteiger charge is 2.23. The lowest BCUT2D eigenvalue weighted by atomic mass is 9.98. The van der Waals surface area contributed by atoms with E-state index in [1.807, 2.05) is 6.07 Å². The van der Waals surface area contributed by atoms with Gasteiger partial charge >= 0.3 is 0 Å². The lowest BCUT2D eigenvalue weighted by Crippen LogP contribution is -2.09. The van der Waals surface area contributed by atoms with Crippen molar-refractivity contribution in [2.24, 2.45) is 5.73 Å². The van der Waals surface area contributed by atoms with Crippen LogP contribution >= 0.6 is 11.6 Å². The number of hydrogen-bond acceptors (Lipinski definition) is 2. The highest BCUT2D eigenvalue weighted by atomic mass is 35.5. The Morgan fingerprint density at radius 1 is 1.60 bits per heavy atom. The third-order valence-electron chi connectivity index (χ3n) is 2.89. The van der Waals surface area contributed by atoms with E-state index in [2.05, 4.69) is 19.9 Å². The van der Waals surface area contributed by atoms with Crippen LogP contribution in [0, 0.1) is 0 Å². The summed E-state index contributed by atoms with van der Waals surface area (Å²) in [5, 5.41) is 0.715. The fraction of sp³-hybridized carbons (Fsp3) is 0.500. The number of hydrogen-bond donors (Lipinski definition) is 1. The largest absolute Gasteiger partial charge is 0.489 e. The number of benzene rings is 1. The molecule has 1 aromatic rings. The zero-order chi connectivity index (χ0) is 11.0. The van der Waals surface area contributed by atoms with Gasteiger partial charge in [0.05, 0.1) is 5.02 Å². The van der Waals surface area contributed by atoms with E-state index in [0.717, 1.165) is 12.2 Å². The van der Waals surface area contributed by atoms with Crippen LogP contribution in [0.2, 0.25) is 5.02 Å². The first-order valence-electron chi connectivity index (χ1n) is 5.31. The van der Waals surface area contributed by atoms with Crippen LogP contribution in [-0.4, -0.2) is 12.6 Å². The molecule has 82 valence electrons. The molecule has 0 fully saturated rings. The molecule has 0 radical (unpaired) electrons. The van der Waals surface area contributed by atoms with Crippen LogP contribution in [-0.2, 0) is 6.42 Å². The van der Waals surface area contributed by atoms with Gasteiger partial charge in [0.15, 0.2) is 0 Å². The van der Waals surface area contributed by atoms with Crippen LogP contribution in [0.5, 0.6) is 5.75 Å². The highest BCUT2D eigenvalue weighted by Crippen LogP contribution is 2.38. The van der Waals surface area contributed by atoms with E-state index >= 15 is 0 Å². The molecule has 0 aromatic heterocycles. The van der Waals surface area contributed by atoms with E-state index in [4.69, 9.17) is 22.1 Å². The van der Waals surface area contributed by atoms with Crippen LogP contribution < -0.4 is 10.5 Å². The van der Waals surface area contributed by atoms with Crippen molar-refractivity contribution in [3.63, 3.8) is 0 Å². The molecule has 1 aliphatic rings. The Morgan fingerprint density at radius 2 is 2.33 bits per heavy atom. The van der Waals surface area contributed by atoms with Gasteiger partial charge in [-0.2, -0.15) is 0 Å². The Balaban J connectivity index is 2.40. The number of nitrogens with two attached hydrogens (primary N) is 1. The van der Waals surface area contributed by atoms with Gasteiger partial charge in [-0.25, -0.2) is 0 Å². The van der Waals surface area contributed by atoms with Crippen molar-refractivity contribution >= 4 is 11.6 Å². The second-order valence-electron chi connectivity index (χ2n) is 4.26. The van der Waals surface area contributed by atoms with Gasteiger partial charge in [0, 0.05) is 6.42 Å². The van der Waals surface area contributed by atoms with Gasteiger partial charge in [-0.1, -0.05) is 24.6 Å². The third kappa shape index (κ3) is 1.97. The van der Waals surface area contributed by atoms with Crippen molar-refractivity contribution in [2.75, 3.05) is 6.54 Å². The van der Waals surface area contributed by atoms with Gasteiger partial charge in [0.2, 0.25) is 0 Å². The van der Waals surface area contributed by atoms with E-state index in [1.54, 1.807) is 0 Å². The first-order valence-corrected chi connectivity index (χ1v) is 5.68. The van der Waals surface area contributed by atoms with Crippen molar-refractivity contribution in [1.82, 2.24) is 0 Å². The minimum atomic E-state index is 0.237. The molecule has 0 aliphatic carbocycles. The van der Waals surface area contributed by atoms with Crippen molar-refractivity contribution in [3.8, 4) is 5.75 Å². The summed E-state index contributed by atoms with van der Waals surface area (Å²) in [4.78, 5) is 0. The maximum absolute atomic E-state index is 6.18. The molecule has 3 heteroatoms. The zero-order valence-corrected chi connectivity index (χ0v) is 9.84. The number of ether oxygens (including phenoxy) is 1. The molecule has 2 unspecified atom stereocenters. The average molecular weight is 226 g/mol. The Morgan fingerprint density at radius 3 is 3.00 bits per heavy atom. The fourth-order valence-electron chi connectivity index (χ4n) is 1.93. The van der Waals surface area contributed by atoms with Crippen LogP contribution in [0.15, 0.2) is 12.1 Å². The molecule has 1 aromatic carbocycles. The van der Waals surface area contributed by atoms with Gasteiger partial charge in [-0.05, 0) is 36.6 Å². The van der Waals surface area contributed by atoms with Crippen molar-refractivity contribution < 1.29 is 4.74 Å². The quantitative estimate of drug-likeness (QED) is 0.840. The van der Waals surface area contributed by atoms with Crippen molar-refractivity contribution in [3.05, 3.63) is 28.3 Å². The lowest BCUT2D eigenvalue weighted by molar-refractivity contribution is 0.255. The molecule has 15 heavy (non-hydrogen) atoms. The van der Waals surface area contributed by atoms with Gasteiger partial charge in [0.25, 0.3) is 0 Å². The lowest BCUT2D eigenvalue weighted by Gasteiger charge is -2.11. The molecule has 1 aliphatic heterocycles. The summed E-state index contributed by atoms with van der Waals surface area (Å²) in [5.41, 5.74) is 8.07. The van der Waals surface area contributed by atoms with Gasteiger partial charge in [0.1, 0.15) is 11.9 Å². The smallest absolute Gasteiger partial charge is 0.141 e. The predicted molar refractivity (Wildman–Crippen MR) is 62.7 cm³/mol. The predicted octanol–water partition coefficient (Wildman–Crippen LogP) is 2.73. The van der Waals surface area contributed by atoms with Crippen molar-refractivity contribution in [2.45, 2.75) is 32.3 Å². The first kappa shape index (κ1) is 10.8. The van der Waals surface area contributed by atoms with Crippen LogP contribution in [0.25, 0.3) is 0 Å². The Kier molecular flexibility index (Phi) is 2.89. The molecule has 0 bridgehead atoms. The minimum Gasteiger partial charge on any atom is -0.489 e. The van der Waals surface area contributed by atoms with E-state index in [-0.39, 0.29) is 6.10 Å². The van der Waals surface area contributed by atoms with E-state index in [9.17, 15) is 0 Å². The van der Waals surface area contributed by atoms with E-state index in [0.29, 0.717) is 17.5 Å². The maximum Gasteiger partial charge on any atom is 0.141 e. The summed E-state index contributed by atoms with van der Waals surface area (Å²) < 4.78 is 5.64. The summed E-state index contributed by atoms with van der Waals surface area (Å²) in [6.07, 6.45) is 1.18. The van der Waals surface area contributed by atoms with Crippen LogP contribution in [0.3, 0.4) is 0 Å². The van der Waals surface area contributed by atoms with Crippen molar-refractivity contribution in [1.29, 1.82) is 0 Å². The minimum absolute atomic E-state index is 0.237.